The molecule has 1 aromatic heterocycles. The number of aromatic nitrogens is 2. The Labute approximate surface area is 113 Å². The zero-order chi connectivity index (χ0) is 12.9. The van der Waals surface area contributed by atoms with Gasteiger partial charge in [0.25, 0.3) is 0 Å². The zero-order valence-corrected chi connectivity index (χ0v) is 11.2. The Morgan fingerprint density at radius 3 is 2.47 bits per heavy atom. The molecule has 0 unspecified atom stereocenters. The second-order valence-corrected chi connectivity index (χ2v) is 4.92. The number of nitrogens with one attached hydrogen (secondary N) is 1. The molecule has 0 radical (unpaired) electrons. The van der Waals surface area contributed by atoms with Crippen LogP contribution in [0, 0.1) is 0 Å². The maximum atomic E-state index is 5.38. The van der Waals surface area contributed by atoms with Crippen LogP contribution in [-0.2, 0) is 4.74 Å². The predicted octanol–water partition coefficient (Wildman–Crippen LogP) is 0.113. The minimum absolute atomic E-state index is 0.785. The first-order valence-corrected chi connectivity index (χ1v) is 7.04. The molecule has 6 heteroatoms. The molecular formula is C13H21N5O. The van der Waals surface area contributed by atoms with E-state index in [1.54, 1.807) is 6.33 Å². The maximum absolute atomic E-state index is 5.38. The van der Waals surface area contributed by atoms with Crippen molar-refractivity contribution >= 4 is 11.6 Å². The second kappa shape index (κ2) is 6.16. The molecule has 1 aromatic rings. The zero-order valence-electron chi connectivity index (χ0n) is 11.2. The summed E-state index contributed by atoms with van der Waals surface area (Å²) in [6.07, 6.45) is 2.84. The van der Waals surface area contributed by atoms with Crippen LogP contribution in [0.5, 0.6) is 0 Å². The summed E-state index contributed by atoms with van der Waals surface area (Å²) >= 11 is 0. The average molecular weight is 263 g/mol. The first-order chi connectivity index (χ1) is 9.43. The topological polar surface area (TPSA) is 53.5 Å². The SMILES string of the molecule is c1nc(N2CCCNCC2)cc(N2CCOCC2)n1. The molecule has 0 spiro atoms. The largest absolute Gasteiger partial charge is 0.378 e. The molecule has 2 fully saturated rings. The summed E-state index contributed by atoms with van der Waals surface area (Å²) in [5.74, 6) is 2.06. The molecule has 0 aromatic carbocycles. The molecule has 2 saturated heterocycles. The van der Waals surface area contributed by atoms with E-state index in [0.717, 1.165) is 70.5 Å². The van der Waals surface area contributed by atoms with Crippen LogP contribution in [0.4, 0.5) is 11.6 Å². The van der Waals surface area contributed by atoms with E-state index in [1.807, 2.05) is 0 Å². The van der Waals surface area contributed by atoms with Crippen molar-refractivity contribution in [2.45, 2.75) is 6.42 Å². The lowest BCUT2D eigenvalue weighted by molar-refractivity contribution is 0.122. The minimum Gasteiger partial charge on any atom is -0.378 e. The van der Waals surface area contributed by atoms with Gasteiger partial charge in [0.2, 0.25) is 0 Å². The summed E-state index contributed by atoms with van der Waals surface area (Å²) < 4.78 is 5.38. The van der Waals surface area contributed by atoms with Crippen LogP contribution in [-0.4, -0.2) is 62.5 Å². The van der Waals surface area contributed by atoms with Gasteiger partial charge in [-0.25, -0.2) is 9.97 Å². The van der Waals surface area contributed by atoms with Gasteiger partial charge in [-0.05, 0) is 13.0 Å². The summed E-state index contributed by atoms with van der Waals surface area (Å²) in [6.45, 7) is 7.59. The number of morpholine rings is 1. The van der Waals surface area contributed by atoms with Gasteiger partial charge in [-0.15, -0.1) is 0 Å². The van der Waals surface area contributed by atoms with Crippen LogP contribution < -0.4 is 15.1 Å². The van der Waals surface area contributed by atoms with Gasteiger partial charge in [0, 0.05) is 38.8 Å². The number of hydrogen-bond donors (Lipinski definition) is 1. The fraction of sp³-hybridized carbons (Fsp3) is 0.692. The van der Waals surface area contributed by atoms with E-state index in [-0.39, 0.29) is 0 Å². The van der Waals surface area contributed by atoms with Gasteiger partial charge in [-0.2, -0.15) is 0 Å². The Kier molecular flexibility index (Phi) is 4.10. The minimum atomic E-state index is 0.785. The third kappa shape index (κ3) is 3.13. The van der Waals surface area contributed by atoms with Crippen LogP contribution >= 0.6 is 0 Å². The van der Waals surface area contributed by atoms with Gasteiger partial charge in [0.05, 0.1) is 13.2 Å². The highest BCUT2D eigenvalue weighted by Gasteiger charge is 2.16. The Hall–Kier alpha value is -1.40. The molecule has 2 aliphatic heterocycles. The summed E-state index contributed by atoms with van der Waals surface area (Å²) in [4.78, 5) is 13.4. The molecule has 0 aliphatic carbocycles. The summed E-state index contributed by atoms with van der Waals surface area (Å²) in [7, 11) is 0. The number of anilines is 2. The van der Waals surface area contributed by atoms with Crippen molar-refractivity contribution in [1.29, 1.82) is 0 Å². The average Bonchev–Trinajstić information content (AvgIpc) is 2.77. The van der Waals surface area contributed by atoms with Gasteiger partial charge < -0.3 is 19.9 Å². The van der Waals surface area contributed by atoms with Crippen molar-refractivity contribution in [2.24, 2.45) is 0 Å². The highest BCUT2D eigenvalue weighted by molar-refractivity contribution is 5.50. The van der Waals surface area contributed by atoms with Crippen molar-refractivity contribution in [3.05, 3.63) is 12.4 Å². The lowest BCUT2D eigenvalue weighted by atomic mass is 10.3. The van der Waals surface area contributed by atoms with Crippen molar-refractivity contribution in [3.8, 4) is 0 Å². The third-order valence-corrected chi connectivity index (χ3v) is 3.64. The molecule has 0 saturated carbocycles. The monoisotopic (exact) mass is 263 g/mol. The fourth-order valence-electron chi connectivity index (χ4n) is 2.55. The van der Waals surface area contributed by atoms with Gasteiger partial charge in [-0.3, -0.25) is 0 Å². The third-order valence-electron chi connectivity index (χ3n) is 3.64. The Morgan fingerprint density at radius 1 is 0.947 bits per heavy atom. The lowest BCUT2D eigenvalue weighted by Crippen LogP contribution is -2.37. The highest BCUT2D eigenvalue weighted by Crippen LogP contribution is 2.18. The quantitative estimate of drug-likeness (QED) is 0.817. The van der Waals surface area contributed by atoms with E-state index in [0.29, 0.717) is 0 Å². The molecule has 0 bridgehead atoms. The lowest BCUT2D eigenvalue weighted by Gasteiger charge is -2.29. The van der Waals surface area contributed by atoms with Crippen LogP contribution in [0.25, 0.3) is 0 Å². The van der Waals surface area contributed by atoms with Crippen LogP contribution in [0.2, 0.25) is 0 Å². The molecule has 6 nitrogen and oxygen atoms in total. The number of nitrogens with zero attached hydrogens (tertiary/aromatic N) is 4. The van der Waals surface area contributed by atoms with E-state index in [9.17, 15) is 0 Å². The van der Waals surface area contributed by atoms with Gasteiger partial charge in [0.1, 0.15) is 18.0 Å². The Balaban J connectivity index is 1.74. The van der Waals surface area contributed by atoms with Crippen molar-refractivity contribution in [3.63, 3.8) is 0 Å². The molecular weight excluding hydrogens is 242 g/mol. The van der Waals surface area contributed by atoms with Crippen LogP contribution in [0.3, 0.4) is 0 Å². The van der Waals surface area contributed by atoms with E-state index < -0.39 is 0 Å². The fourth-order valence-corrected chi connectivity index (χ4v) is 2.55. The second-order valence-electron chi connectivity index (χ2n) is 4.92. The maximum Gasteiger partial charge on any atom is 0.134 e. The molecule has 1 N–H and O–H groups in total. The summed E-state index contributed by atoms with van der Waals surface area (Å²) in [6, 6.07) is 2.11. The predicted molar refractivity (Wildman–Crippen MR) is 74.8 cm³/mol. The van der Waals surface area contributed by atoms with Gasteiger partial charge in [-0.1, -0.05) is 0 Å². The van der Waals surface area contributed by atoms with E-state index in [4.69, 9.17) is 4.74 Å². The van der Waals surface area contributed by atoms with Crippen LogP contribution in [0.1, 0.15) is 6.42 Å². The molecule has 2 aliphatic rings. The Bertz CT molecular complexity index is 400. The van der Waals surface area contributed by atoms with Crippen LogP contribution in [0.15, 0.2) is 12.4 Å². The molecule has 3 heterocycles. The number of ether oxygens (including phenoxy) is 1. The van der Waals surface area contributed by atoms with Crippen molar-refractivity contribution in [1.82, 2.24) is 15.3 Å². The summed E-state index contributed by atoms with van der Waals surface area (Å²) in [5, 5.41) is 3.41. The van der Waals surface area contributed by atoms with Crippen molar-refractivity contribution < 1.29 is 4.74 Å². The molecule has 19 heavy (non-hydrogen) atoms. The highest BCUT2D eigenvalue weighted by atomic mass is 16.5. The first kappa shape index (κ1) is 12.6. The Morgan fingerprint density at radius 2 is 1.68 bits per heavy atom. The van der Waals surface area contributed by atoms with Gasteiger partial charge >= 0.3 is 0 Å². The molecule has 104 valence electrons. The van der Waals surface area contributed by atoms with Gasteiger partial charge in [0.15, 0.2) is 0 Å². The summed E-state index contributed by atoms with van der Waals surface area (Å²) in [5.41, 5.74) is 0. The van der Waals surface area contributed by atoms with Crippen molar-refractivity contribution in [2.75, 3.05) is 62.3 Å². The molecule has 3 rings (SSSR count). The smallest absolute Gasteiger partial charge is 0.134 e. The van der Waals surface area contributed by atoms with E-state index in [2.05, 4.69) is 31.2 Å². The number of hydrogen-bond acceptors (Lipinski definition) is 6. The van der Waals surface area contributed by atoms with E-state index in [1.165, 1.54) is 0 Å². The first-order valence-electron chi connectivity index (χ1n) is 7.04. The normalized spacial score (nSPS) is 21.3. The molecule has 0 atom stereocenters. The molecule has 0 amide bonds. The van der Waals surface area contributed by atoms with E-state index >= 15 is 0 Å². The number of rotatable bonds is 2. The standard InChI is InChI=1S/C13H21N5O/c1-2-14-3-5-17(4-1)12-10-13(16-11-15-12)18-6-8-19-9-7-18/h10-11,14H,1-9H2.